The molecule has 6 nitrogen and oxygen atoms in total. The molecule has 1 aromatic carbocycles. The van der Waals surface area contributed by atoms with Gasteiger partial charge in [-0.1, -0.05) is 12.1 Å². The smallest absolute Gasteiger partial charge is 0.263 e. The molecule has 0 radical (unpaired) electrons. The maximum Gasteiger partial charge on any atom is 0.263 e. The van der Waals surface area contributed by atoms with Crippen LogP contribution in [-0.2, 0) is 11.8 Å². The van der Waals surface area contributed by atoms with Crippen molar-refractivity contribution in [3.8, 4) is 11.3 Å². The third-order valence-corrected chi connectivity index (χ3v) is 6.54. The minimum atomic E-state index is -1.82. The van der Waals surface area contributed by atoms with Crippen LogP contribution in [0.1, 0.15) is 31.5 Å². The first-order valence-electron chi connectivity index (χ1n) is 10.6. The average molecular weight is 407 g/mol. The highest BCUT2D eigenvalue weighted by Crippen LogP contribution is 2.35. The Labute approximate surface area is 175 Å². The lowest BCUT2D eigenvalue weighted by atomic mass is 9.92. The number of nitrogens with one attached hydrogen (secondary N) is 1. The number of carbonyl (C=O) groups is 1. The molecule has 1 saturated carbocycles. The molecular weight excluding hydrogens is 381 g/mol. The van der Waals surface area contributed by atoms with Gasteiger partial charge in [0.05, 0.1) is 11.9 Å². The lowest BCUT2D eigenvalue weighted by Gasteiger charge is -2.35. The van der Waals surface area contributed by atoms with Gasteiger partial charge in [-0.3, -0.25) is 4.79 Å². The van der Waals surface area contributed by atoms with Crippen molar-refractivity contribution >= 4 is 22.5 Å². The van der Waals surface area contributed by atoms with E-state index in [0.29, 0.717) is 24.9 Å². The van der Waals surface area contributed by atoms with E-state index in [1.165, 1.54) is 12.8 Å². The SMILES string of the molecule is Cc1ncc(-c2ccc3cnc(NC(=O)C4(F)CCN(C5CC5)CC4)cc3c2)n1C. The van der Waals surface area contributed by atoms with Crippen LogP contribution in [0.15, 0.2) is 36.7 Å². The molecule has 30 heavy (non-hydrogen) atoms. The van der Waals surface area contributed by atoms with Crippen molar-refractivity contribution in [3.63, 3.8) is 0 Å². The number of anilines is 1. The molecule has 1 saturated heterocycles. The number of amides is 1. The summed E-state index contributed by atoms with van der Waals surface area (Å²) in [7, 11) is 1.98. The number of alkyl halides is 1. The van der Waals surface area contributed by atoms with E-state index in [-0.39, 0.29) is 12.8 Å². The molecule has 7 heteroatoms. The predicted molar refractivity (Wildman–Crippen MR) is 115 cm³/mol. The maximum absolute atomic E-state index is 15.3. The molecule has 0 unspecified atom stereocenters. The minimum absolute atomic E-state index is 0.243. The second kappa shape index (κ2) is 7.16. The molecule has 2 aliphatic rings. The number of carbonyl (C=O) groups excluding carboxylic acids is 1. The van der Waals surface area contributed by atoms with Gasteiger partial charge < -0.3 is 14.8 Å². The second-order valence-electron chi connectivity index (χ2n) is 8.57. The van der Waals surface area contributed by atoms with Crippen molar-refractivity contribution in [2.45, 2.75) is 44.3 Å². The number of aromatic nitrogens is 3. The molecule has 1 N–H and O–H groups in total. The van der Waals surface area contributed by atoms with E-state index in [1.807, 2.05) is 49.0 Å². The minimum Gasteiger partial charge on any atom is -0.331 e. The van der Waals surface area contributed by atoms with Crippen molar-refractivity contribution in [3.05, 3.63) is 42.5 Å². The molecule has 156 valence electrons. The fourth-order valence-electron chi connectivity index (χ4n) is 4.28. The zero-order valence-corrected chi connectivity index (χ0v) is 17.4. The van der Waals surface area contributed by atoms with Crippen LogP contribution in [0.3, 0.4) is 0 Å². The number of hydrogen-bond donors (Lipinski definition) is 1. The number of piperidine rings is 1. The fraction of sp³-hybridized carbons (Fsp3) is 0.435. The van der Waals surface area contributed by atoms with Gasteiger partial charge in [-0.15, -0.1) is 0 Å². The van der Waals surface area contributed by atoms with Crippen molar-refractivity contribution in [1.82, 2.24) is 19.4 Å². The zero-order valence-electron chi connectivity index (χ0n) is 17.4. The molecular formula is C23H26FN5O. The number of benzene rings is 1. The molecule has 3 aromatic rings. The van der Waals surface area contributed by atoms with Crippen LogP contribution in [-0.4, -0.2) is 50.1 Å². The van der Waals surface area contributed by atoms with E-state index in [2.05, 4.69) is 20.2 Å². The van der Waals surface area contributed by atoms with Gasteiger partial charge in [0, 0.05) is 56.2 Å². The molecule has 5 rings (SSSR count). The van der Waals surface area contributed by atoms with Crippen molar-refractivity contribution in [2.75, 3.05) is 18.4 Å². The van der Waals surface area contributed by atoms with Gasteiger partial charge in [0.1, 0.15) is 11.6 Å². The molecule has 1 amide bonds. The van der Waals surface area contributed by atoms with Crippen LogP contribution < -0.4 is 5.32 Å². The maximum atomic E-state index is 15.3. The summed E-state index contributed by atoms with van der Waals surface area (Å²) in [5.74, 6) is 0.740. The number of nitrogens with zero attached hydrogens (tertiary/aromatic N) is 4. The molecule has 0 spiro atoms. The summed E-state index contributed by atoms with van der Waals surface area (Å²) < 4.78 is 17.3. The summed E-state index contributed by atoms with van der Waals surface area (Å²) in [5, 5.41) is 4.62. The van der Waals surface area contributed by atoms with Gasteiger partial charge in [0.2, 0.25) is 0 Å². The number of halogens is 1. The molecule has 2 fully saturated rings. The Hall–Kier alpha value is -2.80. The normalized spacial score (nSPS) is 19.2. The number of rotatable bonds is 4. The third kappa shape index (κ3) is 3.47. The van der Waals surface area contributed by atoms with Gasteiger partial charge in [0.15, 0.2) is 5.67 Å². The highest BCUT2D eigenvalue weighted by atomic mass is 19.1. The molecule has 3 heterocycles. The first-order valence-corrected chi connectivity index (χ1v) is 10.6. The Morgan fingerprint density at radius 3 is 2.57 bits per heavy atom. The quantitative estimate of drug-likeness (QED) is 0.714. The van der Waals surface area contributed by atoms with E-state index in [4.69, 9.17) is 0 Å². The summed E-state index contributed by atoms with van der Waals surface area (Å²) in [6.45, 7) is 3.25. The van der Waals surface area contributed by atoms with Gasteiger partial charge in [-0.05, 0) is 37.3 Å². The van der Waals surface area contributed by atoms with E-state index >= 15 is 4.39 Å². The fourth-order valence-corrected chi connectivity index (χ4v) is 4.28. The Bertz CT molecular complexity index is 1110. The summed E-state index contributed by atoms with van der Waals surface area (Å²) in [6.07, 6.45) is 6.45. The first-order chi connectivity index (χ1) is 14.4. The second-order valence-corrected chi connectivity index (χ2v) is 8.57. The highest BCUT2D eigenvalue weighted by Gasteiger charge is 2.44. The Morgan fingerprint density at radius 2 is 1.90 bits per heavy atom. The molecule has 1 aliphatic carbocycles. The standard InChI is InChI=1S/C23H26FN5O/c1-15-25-14-20(28(15)2)16-3-4-17-13-26-21(12-18(17)11-16)27-22(30)23(24)7-9-29(10-8-23)19-5-6-19/h3-4,11-14,19H,5-10H2,1-2H3,(H,26,27,30). The van der Waals surface area contributed by atoms with E-state index in [9.17, 15) is 4.79 Å². The van der Waals surface area contributed by atoms with Crippen molar-refractivity contribution < 1.29 is 9.18 Å². The first kappa shape index (κ1) is 19.2. The Morgan fingerprint density at radius 1 is 1.13 bits per heavy atom. The zero-order chi connectivity index (χ0) is 20.9. The number of aryl methyl sites for hydroxylation is 1. The van der Waals surface area contributed by atoms with Gasteiger partial charge >= 0.3 is 0 Å². The van der Waals surface area contributed by atoms with Crippen molar-refractivity contribution in [2.24, 2.45) is 7.05 Å². The number of fused-ring (bicyclic) bond motifs is 1. The Kier molecular flexibility index (Phi) is 4.58. The van der Waals surface area contributed by atoms with E-state index in [0.717, 1.165) is 27.9 Å². The highest BCUT2D eigenvalue weighted by molar-refractivity contribution is 5.98. The van der Waals surface area contributed by atoms with Crippen LogP contribution >= 0.6 is 0 Å². The number of hydrogen-bond acceptors (Lipinski definition) is 4. The van der Waals surface area contributed by atoms with Crippen LogP contribution in [0, 0.1) is 6.92 Å². The lowest BCUT2D eigenvalue weighted by molar-refractivity contribution is -0.130. The molecule has 0 bridgehead atoms. The molecule has 2 aromatic heterocycles. The van der Waals surface area contributed by atoms with Crippen molar-refractivity contribution in [1.29, 1.82) is 0 Å². The molecule has 1 aliphatic heterocycles. The lowest BCUT2D eigenvalue weighted by Crippen LogP contribution is -2.49. The largest absolute Gasteiger partial charge is 0.331 e. The number of likely N-dealkylation sites (tertiary alicyclic amines) is 1. The number of imidazole rings is 1. The van der Waals surface area contributed by atoms with Gasteiger partial charge in [0.25, 0.3) is 5.91 Å². The van der Waals surface area contributed by atoms with Gasteiger partial charge in [-0.25, -0.2) is 14.4 Å². The number of pyridine rings is 1. The topological polar surface area (TPSA) is 63.1 Å². The van der Waals surface area contributed by atoms with Crippen LogP contribution in [0.4, 0.5) is 10.2 Å². The van der Waals surface area contributed by atoms with Crippen LogP contribution in [0.5, 0.6) is 0 Å². The monoisotopic (exact) mass is 407 g/mol. The Balaban J connectivity index is 1.35. The van der Waals surface area contributed by atoms with Crippen LogP contribution in [0.2, 0.25) is 0 Å². The van der Waals surface area contributed by atoms with Gasteiger partial charge in [-0.2, -0.15) is 0 Å². The predicted octanol–water partition coefficient (Wildman–Crippen LogP) is 3.85. The van der Waals surface area contributed by atoms with E-state index < -0.39 is 11.6 Å². The third-order valence-electron chi connectivity index (χ3n) is 6.54. The summed E-state index contributed by atoms with van der Waals surface area (Å²) >= 11 is 0. The summed E-state index contributed by atoms with van der Waals surface area (Å²) in [5.41, 5.74) is 0.223. The average Bonchev–Trinajstić information content (AvgIpc) is 3.54. The molecule has 0 atom stereocenters. The summed E-state index contributed by atoms with van der Waals surface area (Å²) in [6, 6.07) is 8.49. The van der Waals surface area contributed by atoms with E-state index in [1.54, 1.807) is 6.20 Å². The summed E-state index contributed by atoms with van der Waals surface area (Å²) in [4.78, 5) is 23.7. The van der Waals surface area contributed by atoms with Crippen LogP contribution in [0.25, 0.3) is 22.0 Å².